The van der Waals surface area contributed by atoms with Crippen molar-refractivity contribution in [3.8, 4) is 5.75 Å². The zero-order chi connectivity index (χ0) is 16.8. The molecule has 3 aromatic rings. The first-order valence-corrected chi connectivity index (χ1v) is 7.49. The van der Waals surface area contributed by atoms with E-state index in [1.165, 1.54) is 0 Å². The molecule has 0 saturated carbocycles. The molecule has 3 rings (SSSR count). The minimum absolute atomic E-state index is 0.334. The van der Waals surface area contributed by atoms with Gasteiger partial charge < -0.3 is 15.4 Å². The number of carbonyl (C=O) groups excluding carboxylic acids is 1. The average Bonchev–Trinajstić information content (AvgIpc) is 2.62. The number of methoxy groups -OCH3 is 1. The molecule has 0 atom stereocenters. The molecule has 0 radical (unpaired) electrons. The van der Waals surface area contributed by atoms with Gasteiger partial charge in [0.15, 0.2) is 0 Å². The zero-order valence-electron chi connectivity index (χ0n) is 13.2. The van der Waals surface area contributed by atoms with Crippen molar-refractivity contribution in [3.63, 3.8) is 0 Å². The van der Waals surface area contributed by atoms with Crippen LogP contribution in [-0.4, -0.2) is 18.1 Å². The molecule has 1 heterocycles. The van der Waals surface area contributed by atoms with E-state index in [0.29, 0.717) is 5.69 Å². The topological polar surface area (TPSA) is 63.2 Å². The quantitative estimate of drug-likeness (QED) is 0.763. The van der Waals surface area contributed by atoms with Gasteiger partial charge in [0.05, 0.1) is 18.3 Å². The Labute approximate surface area is 140 Å². The van der Waals surface area contributed by atoms with Crippen LogP contribution in [0.5, 0.6) is 5.75 Å². The smallest absolute Gasteiger partial charge is 0.323 e. The Morgan fingerprint density at radius 2 is 1.92 bits per heavy atom. The van der Waals surface area contributed by atoms with E-state index in [-0.39, 0.29) is 6.03 Å². The molecule has 0 aliphatic rings. The van der Waals surface area contributed by atoms with Gasteiger partial charge in [-0.1, -0.05) is 36.4 Å². The van der Waals surface area contributed by atoms with Crippen LogP contribution in [0.25, 0.3) is 17.0 Å². The maximum atomic E-state index is 12.1. The number of anilines is 1. The first kappa shape index (κ1) is 15.6. The fourth-order valence-corrected chi connectivity index (χ4v) is 2.37. The lowest BCUT2D eigenvalue weighted by Crippen LogP contribution is -2.23. The van der Waals surface area contributed by atoms with E-state index in [0.717, 1.165) is 22.2 Å². The van der Waals surface area contributed by atoms with Crippen molar-refractivity contribution in [2.24, 2.45) is 0 Å². The van der Waals surface area contributed by atoms with E-state index in [2.05, 4.69) is 15.6 Å². The van der Waals surface area contributed by atoms with Crippen molar-refractivity contribution >= 4 is 28.7 Å². The Morgan fingerprint density at radius 1 is 1.08 bits per heavy atom. The van der Waals surface area contributed by atoms with Crippen LogP contribution < -0.4 is 15.4 Å². The summed E-state index contributed by atoms with van der Waals surface area (Å²) in [6.07, 6.45) is 5.05. The number of urea groups is 1. The van der Waals surface area contributed by atoms with Gasteiger partial charge in [-0.2, -0.15) is 0 Å². The van der Waals surface area contributed by atoms with Gasteiger partial charge in [-0.15, -0.1) is 0 Å². The highest BCUT2D eigenvalue weighted by Gasteiger charge is 2.05. The van der Waals surface area contributed by atoms with Crippen molar-refractivity contribution in [1.82, 2.24) is 10.3 Å². The molecule has 0 spiro atoms. The number of aromatic nitrogens is 1. The molecule has 2 amide bonds. The lowest BCUT2D eigenvalue weighted by atomic mass is 10.2. The van der Waals surface area contributed by atoms with Crippen LogP contribution >= 0.6 is 0 Å². The molecule has 5 nitrogen and oxygen atoms in total. The van der Waals surface area contributed by atoms with Crippen molar-refractivity contribution in [2.75, 3.05) is 12.4 Å². The summed E-state index contributed by atoms with van der Waals surface area (Å²) in [5.41, 5.74) is 2.30. The maximum Gasteiger partial charge on any atom is 0.323 e. The highest BCUT2D eigenvalue weighted by molar-refractivity contribution is 5.99. The second-order valence-electron chi connectivity index (χ2n) is 5.05. The van der Waals surface area contributed by atoms with Crippen LogP contribution in [0.3, 0.4) is 0 Å². The summed E-state index contributed by atoms with van der Waals surface area (Å²) in [6.45, 7) is 0. The molecule has 0 aliphatic carbocycles. The number of rotatable bonds is 4. The fourth-order valence-electron chi connectivity index (χ4n) is 2.37. The second kappa shape index (κ2) is 7.28. The number of nitrogens with one attached hydrogen (secondary N) is 2. The normalized spacial score (nSPS) is 10.7. The number of fused-ring (bicyclic) bond motifs is 1. The van der Waals surface area contributed by atoms with E-state index in [9.17, 15) is 4.79 Å². The molecule has 24 heavy (non-hydrogen) atoms. The number of para-hydroxylation sites is 2. The summed E-state index contributed by atoms with van der Waals surface area (Å²) < 4.78 is 5.26. The number of carbonyl (C=O) groups is 1. The molecular weight excluding hydrogens is 302 g/mol. The van der Waals surface area contributed by atoms with E-state index in [1.54, 1.807) is 25.6 Å². The lowest BCUT2D eigenvalue weighted by Gasteiger charge is -2.07. The molecule has 0 aliphatic heterocycles. The monoisotopic (exact) mass is 319 g/mol. The van der Waals surface area contributed by atoms with E-state index >= 15 is 0 Å². The van der Waals surface area contributed by atoms with Gasteiger partial charge in [-0.05, 0) is 24.3 Å². The first-order chi connectivity index (χ1) is 11.8. The number of benzene rings is 2. The molecule has 5 heteroatoms. The number of hydrogen-bond acceptors (Lipinski definition) is 3. The Hall–Kier alpha value is -3.34. The molecule has 2 aromatic carbocycles. The number of nitrogens with zero attached hydrogens (tertiary/aromatic N) is 1. The van der Waals surface area contributed by atoms with Crippen molar-refractivity contribution in [3.05, 3.63) is 72.6 Å². The number of hydrogen-bond donors (Lipinski definition) is 2. The van der Waals surface area contributed by atoms with E-state index in [4.69, 9.17) is 4.74 Å². The summed E-state index contributed by atoms with van der Waals surface area (Å²) >= 11 is 0. The third-order valence-electron chi connectivity index (χ3n) is 3.50. The summed E-state index contributed by atoms with van der Waals surface area (Å²) in [5, 5.41) is 6.46. The summed E-state index contributed by atoms with van der Waals surface area (Å²) in [6, 6.07) is 16.7. The first-order valence-electron chi connectivity index (χ1n) is 7.49. The standard InChI is InChI=1S/C19H17N3O2/c1-24-17-10-3-2-6-14(17)11-13-21-19(23)22-16-9-4-7-15-8-5-12-20-18(15)16/h2-13H,1H3,(H2,21,22,23)/b13-11+. The highest BCUT2D eigenvalue weighted by Crippen LogP contribution is 2.20. The van der Waals surface area contributed by atoms with Gasteiger partial charge >= 0.3 is 6.03 Å². The minimum atomic E-state index is -0.334. The highest BCUT2D eigenvalue weighted by atomic mass is 16.5. The predicted octanol–water partition coefficient (Wildman–Crippen LogP) is 4.04. The molecule has 0 bridgehead atoms. The third kappa shape index (κ3) is 3.52. The third-order valence-corrected chi connectivity index (χ3v) is 3.50. The van der Waals surface area contributed by atoms with Crippen LogP contribution in [0.4, 0.5) is 10.5 Å². The minimum Gasteiger partial charge on any atom is -0.496 e. The Balaban J connectivity index is 1.68. The SMILES string of the molecule is COc1ccccc1/C=C/NC(=O)Nc1cccc2cccnc12. The fraction of sp³-hybridized carbons (Fsp3) is 0.0526. The van der Waals surface area contributed by atoms with Gasteiger partial charge in [0, 0.05) is 23.3 Å². The molecule has 0 fully saturated rings. The zero-order valence-corrected chi connectivity index (χ0v) is 13.2. The summed E-state index contributed by atoms with van der Waals surface area (Å²) in [7, 11) is 1.61. The second-order valence-corrected chi connectivity index (χ2v) is 5.05. The van der Waals surface area contributed by atoms with Crippen LogP contribution in [0.2, 0.25) is 0 Å². The van der Waals surface area contributed by atoms with Gasteiger partial charge in [0.2, 0.25) is 0 Å². The van der Waals surface area contributed by atoms with Gasteiger partial charge in [0.25, 0.3) is 0 Å². The van der Waals surface area contributed by atoms with Crippen LogP contribution in [0, 0.1) is 0 Å². The van der Waals surface area contributed by atoms with Crippen molar-refractivity contribution < 1.29 is 9.53 Å². The van der Waals surface area contributed by atoms with Crippen molar-refractivity contribution in [1.29, 1.82) is 0 Å². The molecule has 0 saturated heterocycles. The van der Waals surface area contributed by atoms with Crippen LogP contribution in [-0.2, 0) is 0 Å². The number of ether oxygens (including phenoxy) is 1. The average molecular weight is 319 g/mol. The number of amides is 2. The van der Waals surface area contributed by atoms with E-state index in [1.807, 2.05) is 54.6 Å². The molecule has 0 unspecified atom stereocenters. The van der Waals surface area contributed by atoms with Crippen LogP contribution in [0.1, 0.15) is 5.56 Å². The largest absolute Gasteiger partial charge is 0.496 e. The lowest BCUT2D eigenvalue weighted by molar-refractivity contribution is 0.255. The van der Waals surface area contributed by atoms with Crippen molar-refractivity contribution in [2.45, 2.75) is 0 Å². The van der Waals surface area contributed by atoms with Gasteiger partial charge in [0.1, 0.15) is 5.75 Å². The molecule has 2 N–H and O–H groups in total. The Kier molecular flexibility index (Phi) is 4.72. The molecule has 120 valence electrons. The Bertz CT molecular complexity index is 885. The maximum absolute atomic E-state index is 12.1. The molecule has 1 aromatic heterocycles. The van der Waals surface area contributed by atoms with Gasteiger partial charge in [-0.3, -0.25) is 4.98 Å². The summed E-state index contributed by atoms with van der Waals surface area (Å²) in [5.74, 6) is 0.745. The predicted molar refractivity (Wildman–Crippen MR) is 95.9 cm³/mol. The van der Waals surface area contributed by atoms with E-state index < -0.39 is 0 Å². The van der Waals surface area contributed by atoms with Crippen LogP contribution in [0.15, 0.2) is 67.0 Å². The summed E-state index contributed by atoms with van der Waals surface area (Å²) in [4.78, 5) is 16.4. The number of pyridine rings is 1. The molecular formula is C19H17N3O2. The Morgan fingerprint density at radius 3 is 2.79 bits per heavy atom. The van der Waals surface area contributed by atoms with Gasteiger partial charge in [-0.25, -0.2) is 4.79 Å².